The van der Waals surface area contributed by atoms with Crippen LogP contribution in [-0.4, -0.2) is 6.61 Å². The molecule has 4 rings (SSSR count). The van der Waals surface area contributed by atoms with Gasteiger partial charge in [0.1, 0.15) is 5.75 Å². The Balaban J connectivity index is 1.91. The van der Waals surface area contributed by atoms with Gasteiger partial charge in [-0.3, -0.25) is 0 Å². The lowest BCUT2D eigenvalue weighted by molar-refractivity contribution is 0.289. The summed E-state index contributed by atoms with van der Waals surface area (Å²) < 4.78 is 5.96. The largest absolute Gasteiger partial charge is 0.493 e. The van der Waals surface area contributed by atoms with E-state index in [9.17, 15) is 0 Å². The molecule has 0 fully saturated rings. The Bertz CT molecular complexity index is 650. The lowest BCUT2D eigenvalue weighted by Gasteiger charge is -2.21. The Morgan fingerprint density at radius 2 is 1.85 bits per heavy atom. The van der Waals surface area contributed by atoms with Gasteiger partial charge in [0.15, 0.2) is 0 Å². The molecule has 0 spiro atoms. The smallest absolute Gasteiger partial charge is 0.130 e. The number of hydrogen-bond donors (Lipinski definition) is 1. The summed E-state index contributed by atoms with van der Waals surface area (Å²) in [6.07, 6.45) is 4.38. The number of fused-ring (bicyclic) bond motifs is 2. The molecule has 2 heteroatoms. The minimum atomic E-state index is 0.199. The van der Waals surface area contributed by atoms with Crippen LogP contribution >= 0.6 is 0 Å². The van der Waals surface area contributed by atoms with E-state index < -0.39 is 0 Å². The molecule has 1 heterocycles. The average molecular weight is 265 g/mol. The molecule has 0 amide bonds. The second-order valence-corrected chi connectivity index (χ2v) is 5.76. The molecule has 1 unspecified atom stereocenters. The number of aryl methyl sites for hydroxylation is 1. The van der Waals surface area contributed by atoms with Crippen LogP contribution in [0.5, 0.6) is 5.75 Å². The Morgan fingerprint density at radius 3 is 2.80 bits per heavy atom. The normalized spacial score (nSPS) is 20.1. The zero-order chi connectivity index (χ0) is 13.5. The van der Waals surface area contributed by atoms with Gasteiger partial charge in [-0.2, -0.15) is 0 Å². The number of benzene rings is 2. The van der Waals surface area contributed by atoms with E-state index in [1.54, 1.807) is 0 Å². The molecule has 0 radical (unpaired) electrons. The summed E-state index contributed by atoms with van der Waals surface area (Å²) in [5, 5.41) is 0. The van der Waals surface area contributed by atoms with Crippen molar-refractivity contribution in [1.82, 2.24) is 0 Å². The first-order chi connectivity index (χ1) is 9.84. The van der Waals surface area contributed by atoms with Gasteiger partial charge in [-0.25, -0.2) is 0 Å². The zero-order valence-corrected chi connectivity index (χ0v) is 11.6. The molecule has 20 heavy (non-hydrogen) atoms. The highest BCUT2D eigenvalue weighted by Gasteiger charge is 2.24. The third-order valence-electron chi connectivity index (χ3n) is 4.54. The summed E-state index contributed by atoms with van der Waals surface area (Å²) >= 11 is 0. The standard InChI is InChI=1S/C18H19NO/c19-17-10-9-14-13(6-2-7-15(14)17)16-8-1-4-12-5-3-11-20-18(12)16/h1-2,4,6-8,17H,3,5,9-11,19H2. The SMILES string of the molecule is NC1CCc2c(-c3cccc4c3OCCC4)cccc21. The molecule has 2 aromatic carbocycles. The van der Waals surface area contributed by atoms with E-state index in [1.807, 2.05) is 0 Å². The van der Waals surface area contributed by atoms with Crippen LogP contribution in [0.2, 0.25) is 0 Å². The van der Waals surface area contributed by atoms with Gasteiger partial charge in [0.25, 0.3) is 0 Å². The quantitative estimate of drug-likeness (QED) is 0.854. The molecule has 1 atom stereocenters. The van der Waals surface area contributed by atoms with E-state index in [2.05, 4.69) is 36.4 Å². The molecule has 0 aromatic heterocycles. The highest BCUT2D eigenvalue weighted by atomic mass is 16.5. The van der Waals surface area contributed by atoms with Crippen molar-refractivity contribution < 1.29 is 4.74 Å². The van der Waals surface area contributed by atoms with E-state index in [-0.39, 0.29) is 6.04 Å². The third-order valence-corrected chi connectivity index (χ3v) is 4.54. The van der Waals surface area contributed by atoms with Gasteiger partial charge in [0, 0.05) is 11.6 Å². The fourth-order valence-electron chi connectivity index (χ4n) is 3.54. The van der Waals surface area contributed by atoms with E-state index >= 15 is 0 Å². The summed E-state index contributed by atoms with van der Waals surface area (Å²) in [6.45, 7) is 0.832. The zero-order valence-electron chi connectivity index (χ0n) is 11.6. The van der Waals surface area contributed by atoms with Crippen molar-refractivity contribution in [2.24, 2.45) is 5.73 Å². The van der Waals surface area contributed by atoms with Crippen molar-refractivity contribution in [3.05, 3.63) is 53.1 Å². The van der Waals surface area contributed by atoms with Crippen LogP contribution in [0.1, 0.15) is 35.6 Å². The number of para-hydroxylation sites is 1. The fourth-order valence-corrected chi connectivity index (χ4v) is 3.54. The molecule has 102 valence electrons. The molecule has 0 saturated heterocycles. The Labute approximate surface area is 119 Å². The fraction of sp³-hybridized carbons (Fsp3) is 0.333. The van der Waals surface area contributed by atoms with E-state index in [4.69, 9.17) is 10.5 Å². The molecule has 0 bridgehead atoms. The van der Waals surface area contributed by atoms with Crippen molar-refractivity contribution in [2.45, 2.75) is 31.7 Å². The van der Waals surface area contributed by atoms with Gasteiger partial charge in [0.05, 0.1) is 6.61 Å². The Hall–Kier alpha value is -1.80. The van der Waals surface area contributed by atoms with Crippen LogP contribution in [-0.2, 0) is 12.8 Å². The number of hydrogen-bond acceptors (Lipinski definition) is 2. The van der Waals surface area contributed by atoms with Crippen LogP contribution in [0.3, 0.4) is 0 Å². The molecule has 1 aliphatic carbocycles. The Morgan fingerprint density at radius 1 is 1.00 bits per heavy atom. The second kappa shape index (κ2) is 4.64. The van der Waals surface area contributed by atoms with Crippen LogP contribution in [0, 0.1) is 0 Å². The van der Waals surface area contributed by atoms with Crippen molar-refractivity contribution in [2.75, 3.05) is 6.61 Å². The van der Waals surface area contributed by atoms with E-state index in [0.717, 1.165) is 38.0 Å². The van der Waals surface area contributed by atoms with Gasteiger partial charge in [-0.15, -0.1) is 0 Å². The van der Waals surface area contributed by atoms with Gasteiger partial charge in [0.2, 0.25) is 0 Å². The first kappa shape index (κ1) is 12.0. The molecule has 2 N–H and O–H groups in total. The summed E-state index contributed by atoms with van der Waals surface area (Å²) in [5.74, 6) is 1.09. The number of ether oxygens (including phenoxy) is 1. The van der Waals surface area contributed by atoms with Crippen LogP contribution in [0.15, 0.2) is 36.4 Å². The van der Waals surface area contributed by atoms with Crippen molar-refractivity contribution >= 4 is 0 Å². The number of nitrogens with two attached hydrogens (primary N) is 1. The first-order valence-corrected chi connectivity index (χ1v) is 7.47. The molecular weight excluding hydrogens is 246 g/mol. The maximum atomic E-state index is 6.20. The predicted molar refractivity (Wildman–Crippen MR) is 80.9 cm³/mol. The summed E-state index contributed by atoms with van der Waals surface area (Å²) in [6, 6.07) is 13.2. The molecule has 0 saturated carbocycles. The lowest BCUT2D eigenvalue weighted by atomic mass is 9.93. The predicted octanol–water partition coefficient (Wildman–Crippen LogP) is 3.62. The van der Waals surface area contributed by atoms with Gasteiger partial charge in [-0.1, -0.05) is 36.4 Å². The summed E-state index contributed by atoms with van der Waals surface area (Å²) in [5.41, 5.74) is 12.8. The Kier molecular flexibility index (Phi) is 2.78. The second-order valence-electron chi connectivity index (χ2n) is 5.76. The first-order valence-electron chi connectivity index (χ1n) is 7.47. The highest BCUT2D eigenvalue weighted by molar-refractivity contribution is 5.76. The maximum Gasteiger partial charge on any atom is 0.130 e. The molecule has 2 nitrogen and oxygen atoms in total. The van der Waals surface area contributed by atoms with Crippen LogP contribution < -0.4 is 10.5 Å². The molecular formula is C18H19NO. The van der Waals surface area contributed by atoms with E-state index in [0.29, 0.717) is 0 Å². The summed E-state index contributed by atoms with van der Waals surface area (Å²) in [7, 11) is 0. The van der Waals surface area contributed by atoms with Crippen LogP contribution in [0.25, 0.3) is 11.1 Å². The monoisotopic (exact) mass is 265 g/mol. The highest BCUT2D eigenvalue weighted by Crippen LogP contribution is 2.42. The van der Waals surface area contributed by atoms with Crippen LogP contribution in [0.4, 0.5) is 0 Å². The van der Waals surface area contributed by atoms with Crippen molar-refractivity contribution in [3.63, 3.8) is 0 Å². The molecule has 2 aliphatic rings. The maximum absolute atomic E-state index is 6.20. The van der Waals surface area contributed by atoms with Crippen molar-refractivity contribution in [3.8, 4) is 16.9 Å². The lowest BCUT2D eigenvalue weighted by Crippen LogP contribution is -2.09. The van der Waals surface area contributed by atoms with Crippen molar-refractivity contribution in [1.29, 1.82) is 0 Å². The summed E-state index contributed by atoms with van der Waals surface area (Å²) in [4.78, 5) is 0. The minimum Gasteiger partial charge on any atom is -0.493 e. The van der Waals surface area contributed by atoms with Gasteiger partial charge >= 0.3 is 0 Å². The molecule has 2 aromatic rings. The van der Waals surface area contributed by atoms with Gasteiger partial charge < -0.3 is 10.5 Å². The molecule has 1 aliphatic heterocycles. The van der Waals surface area contributed by atoms with E-state index in [1.165, 1.54) is 27.8 Å². The topological polar surface area (TPSA) is 35.2 Å². The minimum absolute atomic E-state index is 0.199. The average Bonchev–Trinajstić information content (AvgIpc) is 2.88. The third kappa shape index (κ3) is 1.75. The number of rotatable bonds is 1. The van der Waals surface area contributed by atoms with Gasteiger partial charge in [-0.05, 0) is 47.9 Å².